The molecule has 174 valence electrons. The fraction of sp³-hybridized carbons (Fsp3) is 0.393. The van der Waals surface area contributed by atoms with Crippen LogP contribution in [0.2, 0.25) is 0 Å². The Hall–Kier alpha value is -2.92. The number of amides is 1. The Morgan fingerprint density at radius 2 is 1.88 bits per heavy atom. The zero-order chi connectivity index (χ0) is 23.4. The lowest BCUT2D eigenvalue weighted by atomic mass is 9.87. The summed E-state index contributed by atoms with van der Waals surface area (Å²) in [6.07, 6.45) is 6.94. The minimum Gasteiger partial charge on any atom is -0.496 e. The van der Waals surface area contributed by atoms with E-state index in [1.807, 2.05) is 42.5 Å². The molecule has 1 heterocycles. The van der Waals surface area contributed by atoms with Crippen molar-refractivity contribution >= 4 is 17.2 Å². The quantitative estimate of drug-likeness (QED) is 0.592. The smallest absolute Gasteiger partial charge is 0.266 e. The number of piperidine rings is 1. The molecule has 1 N–H and O–H groups in total. The molecule has 0 aromatic heterocycles. The largest absolute Gasteiger partial charge is 0.496 e. The number of hydrogen-bond donors (Lipinski definition) is 1. The summed E-state index contributed by atoms with van der Waals surface area (Å²) in [6, 6.07) is 15.9. The molecule has 4 rings (SSSR count). The van der Waals surface area contributed by atoms with E-state index in [-0.39, 0.29) is 6.42 Å². The van der Waals surface area contributed by atoms with Crippen molar-refractivity contribution in [3.63, 3.8) is 0 Å². The molecule has 2 aromatic rings. The van der Waals surface area contributed by atoms with Gasteiger partial charge in [0.2, 0.25) is 5.67 Å². The van der Waals surface area contributed by atoms with Crippen LogP contribution in [0.1, 0.15) is 50.2 Å². The molecule has 1 aliphatic carbocycles. The lowest BCUT2D eigenvalue weighted by Gasteiger charge is -2.35. The predicted octanol–water partition coefficient (Wildman–Crippen LogP) is 5.97. The van der Waals surface area contributed by atoms with Gasteiger partial charge in [0.1, 0.15) is 5.75 Å². The molecule has 1 fully saturated rings. The van der Waals surface area contributed by atoms with Crippen molar-refractivity contribution in [1.82, 2.24) is 4.90 Å². The van der Waals surface area contributed by atoms with E-state index in [9.17, 15) is 4.79 Å². The minimum absolute atomic E-state index is 0.0102. The first-order chi connectivity index (χ1) is 15.9. The number of hydrogen-bond acceptors (Lipinski definition) is 3. The zero-order valence-electron chi connectivity index (χ0n) is 19.7. The van der Waals surface area contributed by atoms with Crippen molar-refractivity contribution in [2.24, 2.45) is 0 Å². The van der Waals surface area contributed by atoms with Gasteiger partial charge in [-0.25, -0.2) is 4.39 Å². The molecular weight excluding hydrogens is 415 g/mol. The maximum Gasteiger partial charge on any atom is 0.266 e. The van der Waals surface area contributed by atoms with Gasteiger partial charge in [-0.1, -0.05) is 42.5 Å². The Morgan fingerprint density at radius 3 is 2.48 bits per heavy atom. The van der Waals surface area contributed by atoms with Gasteiger partial charge >= 0.3 is 0 Å². The molecule has 33 heavy (non-hydrogen) atoms. The highest BCUT2D eigenvalue weighted by Gasteiger charge is 2.37. The van der Waals surface area contributed by atoms with E-state index in [0.717, 1.165) is 48.4 Å². The van der Waals surface area contributed by atoms with Crippen LogP contribution in [-0.2, 0) is 4.79 Å². The highest BCUT2D eigenvalue weighted by atomic mass is 19.1. The van der Waals surface area contributed by atoms with E-state index in [4.69, 9.17) is 4.74 Å². The summed E-state index contributed by atoms with van der Waals surface area (Å²) >= 11 is 0. The number of rotatable bonds is 6. The summed E-state index contributed by atoms with van der Waals surface area (Å²) in [6.45, 7) is 6.52. The molecule has 1 atom stereocenters. The number of carbonyl (C=O) groups excluding carboxylic acids is 1. The number of nitrogens with one attached hydrogen (secondary N) is 1. The molecule has 1 amide bonds. The number of alkyl halides is 1. The third-order valence-electron chi connectivity index (χ3n) is 6.82. The van der Waals surface area contributed by atoms with E-state index in [0.29, 0.717) is 17.6 Å². The number of allylic oxidation sites excluding steroid dienone is 3. The Kier molecular flexibility index (Phi) is 6.99. The van der Waals surface area contributed by atoms with Gasteiger partial charge in [-0.15, -0.1) is 0 Å². The molecule has 2 aromatic carbocycles. The monoisotopic (exact) mass is 448 g/mol. The maximum absolute atomic E-state index is 15.5. The molecule has 4 nitrogen and oxygen atoms in total. The van der Waals surface area contributed by atoms with Crippen LogP contribution in [0.3, 0.4) is 0 Å². The van der Waals surface area contributed by atoms with Crippen LogP contribution in [0, 0.1) is 0 Å². The zero-order valence-corrected chi connectivity index (χ0v) is 19.7. The van der Waals surface area contributed by atoms with Crippen molar-refractivity contribution in [3.05, 3.63) is 77.9 Å². The van der Waals surface area contributed by atoms with Gasteiger partial charge in [0, 0.05) is 18.2 Å². The number of halogens is 1. The van der Waals surface area contributed by atoms with Crippen molar-refractivity contribution in [3.8, 4) is 5.75 Å². The van der Waals surface area contributed by atoms with Crippen molar-refractivity contribution in [1.29, 1.82) is 0 Å². The number of methoxy groups -OCH3 is 1. The molecular formula is C28H33FN2O2. The third-order valence-corrected chi connectivity index (χ3v) is 6.82. The minimum atomic E-state index is -2.07. The fourth-order valence-electron chi connectivity index (χ4n) is 4.72. The molecule has 2 aliphatic rings. The number of likely N-dealkylation sites (tertiary alicyclic amines) is 1. The summed E-state index contributed by atoms with van der Waals surface area (Å²) in [4.78, 5) is 15.4. The van der Waals surface area contributed by atoms with Crippen LogP contribution in [0.4, 0.5) is 10.1 Å². The lowest BCUT2D eigenvalue weighted by molar-refractivity contribution is -0.124. The van der Waals surface area contributed by atoms with Gasteiger partial charge in [0.25, 0.3) is 5.91 Å². The van der Waals surface area contributed by atoms with Crippen LogP contribution in [-0.4, -0.2) is 42.7 Å². The van der Waals surface area contributed by atoms with Crippen LogP contribution < -0.4 is 10.1 Å². The summed E-state index contributed by atoms with van der Waals surface area (Å²) in [5, 5.41) is 2.80. The second kappa shape index (κ2) is 9.92. The van der Waals surface area contributed by atoms with Crippen LogP contribution >= 0.6 is 0 Å². The van der Waals surface area contributed by atoms with E-state index in [1.54, 1.807) is 25.3 Å². The highest BCUT2D eigenvalue weighted by Crippen LogP contribution is 2.37. The SMILES string of the molecule is COc1ccc(NC(=O)C2(F)C=CC(c3ccccc3)=CC2)cc1C1CCN(C(C)C)CC1. The molecule has 0 bridgehead atoms. The van der Waals surface area contributed by atoms with E-state index in [1.165, 1.54) is 6.08 Å². The topological polar surface area (TPSA) is 41.6 Å². The third kappa shape index (κ3) is 5.19. The van der Waals surface area contributed by atoms with Crippen molar-refractivity contribution in [2.75, 3.05) is 25.5 Å². The van der Waals surface area contributed by atoms with Gasteiger partial charge in [-0.3, -0.25) is 4.79 Å². The lowest BCUT2D eigenvalue weighted by Crippen LogP contribution is -2.38. The number of carbonyl (C=O) groups is 1. The maximum atomic E-state index is 15.5. The first-order valence-electron chi connectivity index (χ1n) is 11.8. The second-order valence-corrected chi connectivity index (χ2v) is 9.24. The number of benzene rings is 2. The van der Waals surface area contributed by atoms with Gasteiger partial charge in [0.15, 0.2) is 0 Å². The van der Waals surface area contributed by atoms with Gasteiger partial charge in [-0.05, 0) is 86.7 Å². The first-order valence-corrected chi connectivity index (χ1v) is 11.8. The summed E-state index contributed by atoms with van der Waals surface area (Å²) in [5.74, 6) is 0.531. The van der Waals surface area contributed by atoms with E-state index >= 15 is 4.39 Å². The van der Waals surface area contributed by atoms with Crippen LogP contribution in [0.5, 0.6) is 5.75 Å². The average molecular weight is 449 g/mol. The van der Waals surface area contributed by atoms with Gasteiger partial charge < -0.3 is 15.0 Å². The highest BCUT2D eigenvalue weighted by molar-refractivity contribution is 6.00. The van der Waals surface area contributed by atoms with Gasteiger partial charge in [-0.2, -0.15) is 0 Å². The fourth-order valence-corrected chi connectivity index (χ4v) is 4.72. The number of anilines is 1. The number of ether oxygens (including phenoxy) is 1. The average Bonchev–Trinajstić information content (AvgIpc) is 2.85. The van der Waals surface area contributed by atoms with Crippen molar-refractivity contribution in [2.45, 2.75) is 50.7 Å². The van der Waals surface area contributed by atoms with E-state index < -0.39 is 11.6 Å². The summed E-state index contributed by atoms with van der Waals surface area (Å²) in [7, 11) is 1.67. The van der Waals surface area contributed by atoms with E-state index in [2.05, 4.69) is 24.1 Å². The molecule has 0 saturated carbocycles. The first kappa shape index (κ1) is 23.2. The number of nitrogens with zero attached hydrogens (tertiary/aromatic N) is 1. The standard InChI is InChI=1S/C28H33FN2O2/c1-20(2)31-17-13-23(14-18-31)25-19-24(9-10-26(25)33-3)30-27(32)28(29)15-11-22(12-16-28)21-7-5-4-6-8-21/h4-12,15,19-20,23H,13-14,16-18H2,1-3H3,(H,30,32). The predicted molar refractivity (Wildman–Crippen MR) is 132 cm³/mol. The summed E-state index contributed by atoms with van der Waals surface area (Å²) < 4.78 is 21.1. The van der Waals surface area contributed by atoms with Crippen LogP contribution in [0.25, 0.3) is 5.57 Å². The molecule has 5 heteroatoms. The molecule has 1 unspecified atom stereocenters. The Bertz CT molecular complexity index is 1040. The molecule has 1 saturated heterocycles. The normalized spacial score (nSPS) is 21.7. The van der Waals surface area contributed by atoms with Crippen LogP contribution in [0.15, 0.2) is 66.8 Å². The Morgan fingerprint density at radius 1 is 1.15 bits per heavy atom. The van der Waals surface area contributed by atoms with Crippen molar-refractivity contribution < 1.29 is 13.9 Å². The Labute approximate surface area is 196 Å². The second-order valence-electron chi connectivity index (χ2n) is 9.24. The molecule has 0 radical (unpaired) electrons. The summed E-state index contributed by atoms with van der Waals surface area (Å²) in [5.41, 5.74) is 1.55. The molecule has 1 aliphatic heterocycles. The Balaban J connectivity index is 1.46. The van der Waals surface area contributed by atoms with Gasteiger partial charge in [0.05, 0.1) is 7.11 Å². The molecule has 0 spiro atoms.